The second kappa shape index (κ2) is 8.45. The Morgan fingerprint density at radius 3 is 2.44 bits per heavy atom. The van der Waals surface area contributed by atoms with Crippen LogP contribution in [0.1, 0.15) is 42.5 Å². The van der Waals surface area contributed by atoms with Crippen LogP contribution in [0.25, 0.3) is 0 Å². The van der Waals surface area contributed by atoms with E-state index in [4.69, 9.17) is 4.74 Å². The molecule has 8 heteroatoms. The Balaban J connectivity index is 1.39. The Bertz CT molecular complexity index is 707. The molecule has 0 heterocycles. The SMILES string of the molecule is O=C(COC(=O)C[C@@H]1C[C@H]2CC[C@@H]1C2)NC(=O)c1ccc(OC(F)F)cc1. The molecule has 0 aromatic heterocycles. The van der Waals surface area contributed by atoms with E-state index in [9.17, 15) is 23.2 Å². The van der Waals surface area contributed by atoms with E-state index in [1.54, 1.807) is 0 Å². The molecule has 1 aromatic rings. The smallest absolute Gasteiger partial charge is 0.387 e. The van der Waals surface area contributed by atoms with Crippen molar-refractivity contribution in [3.8, 4) is 5.75 Å². The predicted octanol–water partition coefficient (Wildman–Crippen LogP) is 2.91. The Labute approximate surface area is 155 Å². The number of hydrogen-bond donors (Lipinski definition) is 1. The van der Waals surface area contributed by atoms with Crippen molar-refractivity contribution in [1.82, 2.24) is 5.32 Å². The molecular weight excluding hydrogens is 360 g/mol. The molecule has 3 rings (SSSR count). The first-order valence-electron chi connectivity index (χ1n) is 8.95. The number of halogens is 2. The zero-order valence-corrected chi connectivity index (χ0v) is 14.7. The summed E-state index contributed by atoms with van der Waals surface area (Å²) in [6.45, 7) is -3.49. The Hall–Kier alpha value is -2.51. The average Bonchev–Trinajstić information content (AvgIpc) is 3.23. The molecule has 2 saturated carbocycles. The molecule has 1 N–H and O–H groups in total. The zero-order valence-electron chi connectivity index (χ0n) is 14.7. The van der Waals surface area contributed by atoms with E-state index in [0.717, 1.165) is 12.3 Å². The van der Waals surface area contributed by atoms with Gasteiger partial charge in [0.25, 0.3) is 11.8 Å². The van der Waals surface area contributed by atoms with E-state index in [0.29, 0.717) is 18.3 Å². The highest BCUT2D eigenvalue weighted by molar-refractivity contribution is 6.05. The van der Waals surface area contributed by atoms with Gasteiger partial charge in [0.2, 0.25) is 0 Å². The summed E-state index contributed by atoms with van der Waals surface area (Å²) in [7, 11) is 0. The fourth-order valence-corrected chi connectivity index (χ4v) is 4.07. The van der Waals surface area contributed by atoms with Gasteiger partial charge in [0.15, 0.2) is 6.61 Å². The molecule has 2 aliphatic rings. The van der Waals surface area contributed by atoms with E-state index in [-0.39, 0.29) is 11.3 Å². The van der Waals surface area contributed by atoms with Crippen molar-refractivity contribution < 1.29 is 32.6 Å². The third kappa shape index (κ3) is 5.24. The van der Waals surface area contributed by atoms with Crippen molar-refractivity contribution in [3.63, 3.8) is 0 Å². The van der Waals surface area contributed by atoms with E-state index < -0.39 is 31.0 Å². The van der Waals surface area contributed by atoms with Gasteiger partial charge in [-0.25, -0.2) is 0 Å². The summed E-state index contributed by atoms with van der Waals surface area (Å²) >= 11 is 0. The average molecular weight is 381 g/mol. The molecule has 2 fully saturated rings. The number of imide groups is 1. The topological polar surface area (TPSA) is 81.7 Å². The number of carbonyl (C=O) groups excluding carboxylic acids is 3. The maximum absolute atomic E-state index is 12.1. The maximum Gasteiger partial charge on any atom is 0.387 e. The molecule has 27 heavy (non-hydrogen) atoms. The predicted molar refractivity (Wildman–Crippen MR) is 90.1 cm³/mol. The van der Waals surface area contributed by atoms with Crippen LogP contribution in [0.15, 0.2) is 24.3 Å². The number of alkyl halides is 2. The standard InChI is InChI=1S/C19H21F2NO5/c20-19(21)27-15-5-3-12(4-6-15)18(25)22-16(23)10-26-17(24)9-14-8-11-1-2-13(14)7-11/h3-6,11,13-14,19H,1-2,7-10H2,(H,22,23,25)/t11-,13+,14-/m0/s1. The summed E-state index contributed by atoms with van der Waals surface area (Å²) < 4.78 is 33.3. The summed E-state index contributed by atoms with van der Waals surface area (Å²) in [6.07, 6.45) is 4.96. The highest BCUT2D eigenvalue weighted by atomic mass is 19.3. The first-order chi connectivity index (χ1) is 12.9. The molecule has 0 aliphatic heterocycles. The molecule has 0 saturated heterocycles. The summed E-state index contributed by atoms with van der Waals surface area (Å²) in [5, 5.41) is 2.09. The van der Waals surface area contributed by atoms with Crippen LogP contribution in [0.4, 0.5) is 8.78 Å². The number of rotatable bonds is 7. The highest BCUT2D eigenvalue weighted by Crippen LogP contribution is 2.49. The van der Waals surface area contributed by atoms with Crippen LogP contribution in [-0.4, -0.2) is 31.0 Å². The lowest BCUT2D eigenvalue weighted by molar-refractivity contribution is -0.149. The highest BCUT2D eigenvalue weighted by Gasteiger charge is 2.40. The van der Waals surface area contributed by atoms with Gasteiger partial charge in [-0.15, -0.1) is 0 Å². The molecule has 2 bridgehead atoms. The molecule has 6 nitrogen and oxygen atoms in total. The van der Waals surface area contributed by atoms with Gasteiger partial charge in [0, 0.05) is 12.0 Å². The minimum absolute atomic E-state index is 0.0950. The molecule has 0 spiro atoms. The van der Waals surface area contributed by atoms with Crippen molar-refractivity contribution in [1.29, 1.82) is 0 Å². The minimum Gasteiger partial charge on any atom is -0.456 e. The number of esters is 1. The van der Waals surface area contributed by atoms with Crippen LogP contribution in [0.2, 0.25) is 0 Å². The van der Waals surface area contributed by atoms with Crippen molar-refractivity contribution in [2.45, 2.75) is 38.7 Å². The van der Waals surface area contributed by atoms with E-state index in [2.05, 4.69) is 10.1 Å². The lowest BCUT2D eigenvalue weighted by Crippen LogP contribution is -2.34. The first-order valence-corrected chi connectivity index (χ1v) is 8.95. The lowest BCUT2D eigenvalue weighted by Gasteiger charge is -2.20. The molecule has 3 atom stereocenters. The van der Waals surface area contributed by atoms with Crippen LogP contribution in [-0.2, 0) is 14.3 Å². The summed E-state index contributed by atoms with van der Waals surface area (Å²) in [5.41, 5.74) is 0.0956. The van der Waals surface area contributed by atoms with Crippen LogP contribution in [0.3, 0.4) is 0 Å². The third-order valence-corrected chi connectivity index (χ3v) is 5.27. The van der Waals surface area contributed by atoms with E-state index in [1.165, 1.54) is 43.5 Å². The van der Waals surface area contributed by atoms with Gasteiger partial charge in [0.1, 0.15) is 5.75 Å². The molecule has 1 aromatic carbocycles. The number of carbonyl (C=O) groups is 3. The summed E-state index contributed by atoms with van der Waals surface area (Å²) in [6, 6.07) is 4.89. The number of fused-ring (bicyclic) bond motifs is 2. The van der Waals surface area contributed by atoms with Crippen LogP contribution in [0, 0.1) is 17.8 Å². The second-order valence-corrected chi connectivity index (χ2v) is 7.08. The molecular formula is C19H21F2NO5. The number of amides is 2. The van der Waals surface area contributed by atoms with Crippen molar-refractivity contribution in [2.75, 3.05) is 6.61 Å². The number of benzene rings is 1. The van der Waals surface area contributed by atoms with Gasteiger partial charge in [0.05, 0.1) is 0 Å². The third-order valence-electron chi connectivity index (χ3n) is 5.27. The lowest BCUT2D eigenvalue weighted by atomic mass is 9.86. The zero-order chi connectivity index (χ0) is 19.4. The minimum atomic E-state index is -2.96. The Morgan fingerprint density at radius 2 is 1.85 bits per heavy atom. The number of hydrogen-bond acceptors (Lipinski definition) is 5. The van der Waals surface area contributed by atoms with Crippen LogP contribution < -0.4 is 10.1 Å². The van der Waals surface area contributed by atoms with Gasteiger partial charge in [-0.05, 0) is 61.3 Å². The van der Waals surface area contributed by atoms with E-state index in [1.807, 2.05) is 0 Å². The summed E-state index contributed by atoms with van der Waals surface area (Å²) in [4.78, 5) is 35.6. The molecule has 146 valence electrons. The fourth-order valence-electron chi connectivity index (χ4n) is 4.07. The van der Waals surface area contributed by atoms with Crippen molar-refractivity contribution in [2.24, 2.45) is 17.8 Å². The molecule has 2 amide bonds. The Kier molecular flexibility index (Phi) is 6.03. The van der Waals surface area contributed by atoms with Crippen molar-refractivity contribution >= 4 is 17.8 Å². The first kappa shape index (κ1) is 19.3. The maximum atomic E-state index is 12.1. The number of nitrogens with one attached hydrogen (secondary N) is 1. The van der Waals surface area contributed by atoms with Gasteiger partial charge in [-0.3, -0.25) is 19.7 Å². The molecule has 0 radical (unpaired) electrons. The molecule has 2 aliphatic carbocycles. The Morgan fingerprint density at radius 1 is 1.11 bits per heavy atom. The number of ether oxygens (including phenoxy) is 2. The van der Waals surface area contributed by atoms with Crippen molar-refractivity contribution in [3.05, 3.63) is 29.8 Å². The quantitative estimate of drug-likeness (QED) is 0.735. The second-order valence-electron chi connectivity index (χ2n) is 7.08. The monoisotopic (exact) mass is 381 g/mol. The molecule has 0 unspecified atom stereocenters. The van der Waals surface area contributed by atoms with E-state index >= 15 is 0 Å². The normalized spacial score (nSPS) is 23.3. The van der Waals surface area contributed by atoms with Gasteiger partial charge in [-0.1, -0.05) is 6.42 Å². The van der Waals surface area contributed by atoms with Crippen LogP contribution >= 0.6 is 0 Å². The largest absolute Gasteiger partial charge is 0.456 e. The summed E-state index contributed by atoms with van der Waals surface area (Å²) in [5.74, 6) is -0.316. The van der Waals surface area contributed by atoms with Crippen LogP contribution in [0.5, 0.6) is 5.75 Å². The van der Waals surface area contributed by atoms with Gasteiger partial charge in [-0.2, -0.15) is 8.78 Å². The van der Waals surface area contributed by atoms with Gasteiger partial charge < -0.3 is 9.47 Å². The van der Waals surface area contributed by atoms with Gasteiger partial charge >= 0.3 is 12.6 Å². The fraction of sp³-hybridized carbons (Fsp3) is 0.526.